The molecule has 0 bridgehead atoms. The van der Waals surface area contributed by atoms with Crippen LogP contribution in [0.4, 0.5) is 28.4 Å². The van der Waals surface area contributed by atoms with Gasteiger partial charge in [-0.1, -0.05) is 6.58 Å². The van der Waals surface area contributed by atoms with Crippen LogP contribution in [0.3, 0.4) is 0 Å². The second-order valence-corrected chi connectivity index (χ2v) is 13.8. The number of anilines is 5. The van der Waals surface area contributed by atoms with Gasteiger partial charge in [0.1, 0.15) is 28.5 Å². The fraction of sp³-hybridized carbons (Fsp3) is 0.194. The minimum atomic E-state index is -0.501. The van der Waals surface area contributed by atoms with Crippen LogP contribution in [0.1, 0.15) is 58.9 Å². The highest BCUT2D eigenvalue weighted by molar-refractivity contribution is 9.12. The molecule has 0 unspecified atom stereocenters. The van der Waals surface area contributed by atoms with E-state index < -0.39 is 29.5 Å². The van der Waals surface area contributed by atoms with Gasteiger partial charge in [0.05, 0.1) is 38.8 Å². The molecule has 0 saturated heterocycles. The number of hydrogen-bond donors (Lipinski definition) is 8. The largest absolute Gasteiger partial charge is 0.388 e. The van der Waals surface area contributed by atoms with Crippen molar-refractivity contribution in [2.24, 2.45) is 41.0 Å². The normalized spacial score (nSPS) is 10.6. The third-order valence-electron chi connectivity index (χ3n) is 8.40. The second-order valence-electron chi connectivity index (χ2n) is 12.8. The summed E-state index contributed by atoms with van der Waals surface area (Å²) in [7, 11) is 8.23. The molecule has 0 radical (unpaired) electrons. The fourth-order valence-electron chi connectivity index (χ4n) is 5.67. The number of aromatic nitrogens is 5. The van der Waals surface area contributed by atoms with E-state index in [1.54, 1.807) is 75.4 Å². The number of carbonyl (C=O) groups excluding carboxylic acids is 6. The Kier molecular flexibility index (Phi) is 13.4. The number of amidine groups is 1. The molecule has 21 heteroatoms. The number of nitrogens with one attached hydrogen (secondary N) is 7. The zero-order valence-corrected chi connectivity index (χ0v) is 33.8. The second kappa shape index (κ2) is 17.8. The van der Waals surface area contributed by atoms with E-state index in [0.29, 0.717) is 34.1 Å². The van der Waals surface area contributed by atoms with Crippen molar-refractivity contribution in [1.82, 2.24) is 28.2 Å². The maximum Gasteiger partial charge on any atom is 0.272 e. The van der Waals surface area contributed by atoms with Gasteiger partial charge in [-0.05, 0) is 46.3 Å². The Labute approximate surface area is 340 Å². The molecule has 0 aliphatic carbocycles. The average molecular weight is 867 g/mol. The van der Waals surface area contributed by atoms with Crippen molar-refractivity contribution in [3.63, 3.8) is 0 Å². The van der Waals surface area contributed by atoms with Gasteiger partial charge in [0, 0.05) is 79.2 Å². The van der Waals surface area contributed by atoms with E-state index in [9.17, 15) is 28.8 Å². The Balaban J connectivity index is 0.00000720. The van der Waals surface area contributed by atoms with Crippen LogP contribution in [0.2, 0.25) is 0 Å². The molecule has 5 aromatic rings. The molecule has 300 valence electrons. The predicted octanol–water partition coefficient (Wildman–Crippen LogP) is 3.71. The summed E-state index contributed by atoms with van der Waals surface area (Å²) in [6.07, 6.45) is 8.08. The quantitative estimate of drug-likeness (QED) is 0.0467. The number of carbonyl (C=O) groups is 6. The number of amides is 6. The van der Waals surface area contributed by atoms with Crippen molar-refractivity contribution in [1.29, 1.82) is 5.41 Å². The lowest BCUT2D eigenvalue weighted by atomic mass is 10.3. The van der Waals surface area contributed by atoms with Crippen LogP contribution < -0.4 is 37.6 Å². The summed E-state index contributed by atoms with van der Waals surface area (Å²) in [6, 6.07) is 7.52. The SMILES string of the molecule is C=C(Br)C(=O)Nc1cc(C(=O)Nc2cc(C(=O)Nc3cc(C(=O)Nc4cc(C(=O)Nc5cc(C(=O)NCCC(=N)N)n(C)c5)n(C)c4)n(C)c3)n(C)c2)n(C)c1.Cl. The van der Waals surface area contributed by atoms with Crippen molar-refractivity contribution in [2.75, 3.05) is 33.1 Å². The Bertz CT molecular complexity index is 2430. The van der Waals surface area contributed by atoms with Crippen LogP contribution >= 0.6 is 28.3 Å². The number of rotatable bonds is 14. The molecule has 0 aliphatic heterocycles. The molecule has 57 heavy (non-hydrogen) atoms. The summed E-state index contributed by atoms with van der Waals surface area (Å²) < 4.78 is 7.84. The molecule has 0 aromatic carbocycles. The van der Waals surface area contributed by atoms with Crippen molar-refractivity contribution >= 4 is 98.1 Å². The van der Waals surface area contributed by atoms with Gasteiger partial charge in [-0.25, -0.2) is 0 Å². The van der Waals surface area contributed by atoms with Gasteiger partial charge in [-0.3, -0.25) is 34.2 Å². The minimum absolute atomic E-state index is 0. The van der Waals surface area contributed by atoms with Crippen molar-refractivity contribution in [2.45, 2.75) is 6.42 Å². The topological polar surface area (TPSA) is 249 Å². The summed E-state index contributed by atoms with van der Waals surface area (Å²) in [6.45, 7) is 3.72. The highest BCUT2D eigenvalue weighted by atomic mass is 79.9. The third-order valence-corrected chi connectivity index (χ3v) is 8.76. The minimum Gasteiger partial charge on any atom is -0.388 e. The van der Waals surface area contributed by atoms with Gasteiger partial charge < -0.3 is 60.5 Å². The maximum atomic E-state index is 13.3. The summed E-state index contributed by atoms with van der Waals surface area (Å²) in [5.41, 5.74) is 8.36. The van der Waals surface area contributed by atoms with Crippen molar-refractivity contribution in [3.8, 4) is 0 Å². The van der Waals surface area contributed by atoms with Crippen LogP contribution in [0.15, 0.2) is 72.4 Å². The third kappa shape index (κ3) is 10.3. The molecule has 5 rings (SSSR count). The zero-order chi connectivity index (χ0) is 41.0. The van der Waals surface area contributed by atoms with E-state index in [0.717, 1.165) is 0 Å². The first kappa shape index (κ1) is 42.9. The molecule has 5 aromatic heterocycles. The molecule has 9 N–H and O–H groups in total. The fourth-order valence-corrected chi connectivity index (χ4v) is 5.77. The van der Waals surface area contributed by atoms with Gasteiger partial charge in [0.15, 0.2) is 0 Å². The molecular weight excluding hydrogens is 826 g/mol. The summed E-state index contributed by atoms with van der Waals surface area (Å²) in [4.78, 5) is 77.2. The number of halogens is 2. The summed E-state index contributed by atoms with van der Waals surface area (Å²) >= 11 is 3.01. The lowest BCUT2D eigenvalue weighted by Crippen LogP contribution is -2.28. The number of nitrogens with zero attached hydrogens (tertiary/aromatic N) is 5. The van der Waals surface area contributed by atoms with Crippen LogP contribution in [0, 0.1) is 5.41 Å². The lowest BCUT2D eigenvalue weighted by Gasteiger charge is -2.04. The smallest absolute Gasteiger partial charge is 0.272 e. The average Bonchev–Trinajstić information content (AvgIpc) is 3.93. The van der Waals surface area contributed by atoms with E-state index in [2.05, 4.69) is 54.4 Å². The first-order valence-corrected chi connectivity index (χ1v) is 17.5. The Hall–Kier alpha value is -6.80. The number of nitrogens with two attached hydrogens (primary N) is 1. The highest BCUT2D eigenvalue weighted by Gasteiger charge is 2.21. The molecule has 19 nitrogen and oxygen atoms in total. The molecule has 0 aliphatic rings. The molecular formula is C36H41BrClN13O6. The predicted molar refractivity (Wildman–Crippen MR) is 222 cm³/mol. The van der Waals surface area contributed by atoms with Crippen LogP contribution in [0.25, 0.3) is 0 Å². The molecule has 0 spiro atoms. The maximum absolute atomic E-state index is 13.3. The van der Waals surface area contributed by atoms with Gasteiger partial charge >= 0.3 is 0 Å². The van der Waals surface area contributed by atoms with Crippen LogP contribution in [-0.4, -0.2) is 70.7 Å². The monoisotopic (exact) mass is 865 g/mol. The number of aryl methyl sites for hydroxylation is 5. The molecule has 0 atom stereocenters. The van der Waals surface area contributed by atoms with Crippen molar-refractivity contribution in [3.05, 3.63) is 101 Å². The van der Waals surface area contributed by atoms with E-state index in [1.165, 1.54) is 44.0 Å². The Morgan fingerprint density at radius 2 is 0.825 bits per heavy atom. The number of hydrogen-bond acceptors (Lipinski definition) is 7. The highest BCUT2D eigenvalue weighted by Crippen LogP contribution is 2.22. The summed E-state index contributed by atoms with van der Waals surface area (Å²) in [5, 5.41) is 23.6. The van der Waals surface area contributed by atoms with Gasteiger partial charge in [0.2, 0.25) is 0 Å². The lowest BCUT2D eigenvalue weighted by molar-refractivity contribution is -0.112. The van der Waals surface area contributed by atoms with Crippen molar-refractivity contribution < 1.29 is 28.8 Å². The van der Waals surface area contributed by atoms with Crippen LogP contribution in [0.5, 0.6) is 0 Å². The standard InChI is InChI=1S/C36H40BrN13O6.ClH/c1-19(37)31(51)41-20-10-26(47(3)14-20)33(53)43-22-12-28(49(5)16-22)35(55)45-24-13-29(50(6)18-24)36(56)44-23-11-27(48(4)17-23)34(54)42-21-9-25(46(2)15-21)32(52)40-8-7-30(38)39;/h9-18H,1,7-8H2,2-6H3,(H3,38,39)(H,40,52)(H,41,51)(H,42,54)(H,43,53)(H,44,56)(H,45,55);1H. The molecule has 0 saturated carbocycles. The summed E-state index contributed by atoms with van der Waals surface area (Å²) in [5.74, 6) is -2.83. The van der Waals surface area contributed by atoms with E-state index in [-0.39, 0.29) is 64.4 Å². The van der Waals surface area contributed by atoms with Crippen LogP contribution in [-0.2, 0) is 40.0 Å². The van der Waals surface area contributed by atoms with E-state index in [4.69, 9.17) is 11.1 Å². The van der Waals surface area contributed by atoms with E-state index >= 15 is 0 Å². The van der Waals surface area contributed by atoms with Gasteiger partial charge in [0.25, 0.3) is 35.4 Å². The Morgan fingerprint density at radius 3 is 1.09 bits per heavy atom. The first-order valence-electron chi connectivity index (χ1n) is 16.7. The zero-order valence-electron chi connectivity index (χ0n) is 31.4. The first-order chi connectivity index (χ1) is 26.4. The van der Waals surface area contributed by atoms with Gasteiger partial charge in [-0.15, -0.1) is 12.4 Å². The molecule has 5 heterocycles. The molecule has 0 fully saturated rings. The van der Waals surface area contributed by atoms with E-state index in [1.807, 2.05) is 0 Å². The Morgan fingerprint density at radius 1 is 0.561 bits per heavy atom. The van der Waals surface area contributed by atoms with Gasteiger partial charge in [-0.2, -0.15) is 0 Å². The molecule has 6 amide bonds.